The lowest BCUT2D eigenvalue weighted by Gasteiger charge is -2.32. The molecule has 1 aromatic heterocycles. The molecule has 1 heterocycles. The molecule has 0 amide bonds. The van der Waals surface area contributed by atoms with Gasteiger partial charge in [-0.1, -0.05) is 35.9 Å². The van der Waals surface area contributed by atoms with Crippen molar-refractivity contribution >= 4 is 39.7 Å². The lowest BCUT2D eigenvalue weighted by molar-refractivity contribution is 0.569. The van der Waals surface area contributed by atoms with Crippen LogP contribution < -0.4 is 4.31 Å². The van der Waals surface area contributed by atoms with Gasteiger partial charge >= 0.3 is 0 Å². The van der Waals surface area contributed by atoms with E-state index in [0.29, 0.717) is 23.6 Å². The van der Waals surface area contributed by atoms with Crippen LogP contribution in [0.25, 0.3) is 0 Å². The molecule has 10 heteroatoms. The zero-order chi connectivity index (χ0) is 25.2. The van der Waals surface area contributed by atoms with Crippen LogP contribution in [0, 0.1) is 18.6 Å². The Kier molecular flexibility index (Phi) is 8.76. The topological polar surface area (TPSA) is 55.2 Å². The van der Waals surface area contributed by atoms with E-state index < -0.39 is 27.7 Å². The summed E-state index contributed by atoms with van der Waals surface area (Å²) >= 11 is 5.95. The SMILES string of the molecule is Cc1nccn1CCc1ccccc1[C@@H](C)N(c1cc(F)ccc1F)S(=O)(=O)c1ccc(Cl)cc1.Cl. The number of benzene rings is 3. The number of sulfonamides is 1. The van der Waals surface area contributed by atoms with Crippen molar-refractivity contribution in [1.29, 1.82) is 0 Å². The van der Waals surface area contributed by atoms with Crippen LogP contribution in [-0.4, -0.2) is 18.0 Å². The minimum atomic E-state index is -4.29. The molecular formula is C26H25Cl2F2N3O2S. The van der Waals surface area contributed by atoms with Crippen molar-refractivity contribution in [1.82, 2.24) is 9.55 Å². The number of aryl methyl sites for hydroxylation is 3. The van der Waals surface area contributed by atoms with E-state index >= 15 is 0 Å². The molecule has 4 rings (SSSR count). The van der Waals surface area contributed by atoms with Crippen molar-refractivity contribution in [3.05, 3.63) is 113 Å². The minimum absolute atomic E-state index is 0. The summed E-state index contributed by atoms with van der Waals surface area (Å²) in [7, 11) is -4.29. The molecule has 0 aliphatic rings. The number of rotatable bonds is 8. The van der Waals surface area contributed by atoms with Crippen LogP contribution in [0.1, 0.15) is 29.9 Å². The molecule has 0 bridgehead atoms. The van der Waals surface area contributed by atoms with Crippen LogP contribution in [0.2, 0.25) is 5.02 Å². The summed E-state index contributed by atoms with van der Waals surface area (Å²) in [5, 5.41) is 0.362. The second-order valence-electron chi connectivity index (χ2n) is 8.14. The van der Waals surface area contributed by atoms with Gasteiger partial charge in [-0.2, -0.15) is 0 Å². The molecule has 0 fully saturated rings. The lowest BCUT2D eigenvalue weighted by atomic mass is 9.98. The molecule has 0 aliphatic carbocycles. The van der Waals surface area contributed by atoms with Crippen LogP contribution in [0.3, 0.4) is 0 Å². The minimum Gasteiger partial charge on any atom is -0.335 e. The summed E-state index contributed by atoms with van der Waals surface area (Å²) in [6.45, 7) is 4.20. The van der Waals surface area contributed by atoms with Gasteiger partial charge in [-0.15, -0.1) is 12.4 Å². The highest BCUT2D eigenvalue weighted by Gasteiger charge is 2.33. The molecule has 0 spiro atoms. The highest BCUT2D eigenvalue weighted by atomic mass is 35.5. The standard InChI is InChI=1S/C26H24ClF2N3O2S.ClH/c1-18(24-6-4-3-5-20(24)13-15-31-16-14-30-19(31)2)32(26-17-22(28)9-12-25(26)29)35(33,34)23-10-7-21(27)8-11-23;/h3-12,14,16-18H,13,15H2,1-2H3;1H/t18-;/m1./s1. The first-order valence-corrected chi connectivity index (χ1v) is 12.8. The third-order valence-electron chi connectivity index (χ3n) is 5.92. The van der Waals surface area contributed by atoms with E-state index in [1.807, 2.05) is 35.9 Å². The number of hydrogen-bond acceptors (Lipinski definition) is 3. The first-order valence-electron chi connectivity index (χ1n) is 11.0. The van der Waals surface area contributed by atoms with Crippen LogP contribution in [0.5, 0.6) is 0 Å². The summed E-state index contributed by atoms with van der Waals surface area (Å²) in [6.07, 6.45) is 4.19. The van der Waals surface area contributed by atoms with Gasteiger partial charge in [0.2, 0.25) is 0 Å². The van der Waals surface area contributed by atoms with Gasteiger partial charge in [0, 0.05) is 30.0 Å². The molecule has 36 heavy (non-hydrogen) atoms. The Morgan fingerprint density at radius 3 is 2.42 bits per heavy atom. The third kappa shape index (κ3) is 5.72. The maximum atomic E-state index is 15.0. The number of aromatic nitrogens is 2. The monoisotopic (exact) mass is 551 g/mol. The Bertz CT molecular complexity index is 1440. The first kappa shape index (κ1) is 27.6. The Labute approximate surface area is 220 Å². The van der Waals surface area contributed by atoms with E-state index in [-0.39, 0.29) is 23.0 Å². The number of hydrogen-bond donors (Lipinski definition) is 0. The van der Waals surface area contributed by atoms with Gasteiger partial charge in [0.25, 0.3) is 10.0 Å². The average Bonchev–Trinajstić information content (AvgIpc) is 3.25. The Hall–Kier alpha value is -2.94. The smallest absolute Gasteiger partial charge is 0.264 e. The van der Waals surface area contributed by atoms with E-state index in [4.69, 9.17) is 11.6 Å². The lowest BCUT2D eigenvalue weighted by Crippen LogP contribution is -2.35. The molecule has 3 aromatic carbocycles. The average molecular weight is 552 g/mol. The molecule has 1 atom stereocenters. The highest BCUT2D eigenvalue weighted by molar-refractivity contribution is 7.92. The molecule has 0 unspecified atom stereocenters. The normalized spacial score (nSPS) is 12.1. The van der Waals surface area contributed by atoms with Gasteiger partial charge in [-0.05, 0) is 67.8 Å². The van der Waals surface area contributed by atoms with Gasteiger partial charge in [-0.25, -0.2) is 22.2 Å². The number of nitrogens with zero attached hydrogens (tertiary/aromatic N) is 3. The predicted molar refractivity (Wildman–Crippen MR) is 140 cm³/mol. The van der Waals surface area contributed by atoms with Crippen LogP contribution in [-0.2, 0) is 23.0 Å². The van der Waals surface area contributed by atoms with Crippen LogP contribution in [0.15, 0.2) is 84.0 Å². The van der Waals surface area contributed by atoms with Gasteiger partial charge in [0.05, 0.1) is 16.6 Å². The van der Waals surface area contributed by atoms with Crippen molar-refractivity contribution in [2.75, 3.05) is 4.31 Å². The summed E-state index contributed by atoms with van der Waals surface area (Å²) in [5.74, 6) is -0.722. The van der Waals surface area contributed by atoms with Gasteiger partial charge in [0.1, 0.15) is 17.5 Å². The van der Waals surface area contributed by atoms with E-state index in [0.717, 1.165) is 33.9 Å². The molecule has 0 radical (unpaired) electrons. The molecule has 5 nitrogen and oxygen atoms in total. The number of anilines is 1. The maximum absolute atomic E-state index is 15.0. The first-order chi connectivity index (χ1) is 16.7. The van der Waals surface area contributed by atoms with E-state index in [9.17, 15) is 17.2 Å². The molecule has 0 N–H and O–H groups in total. The van der Waals surface area contributed by atoms with Crippen molar-refractivity contribution in [3.63, 3.8) is 0 Å². The largest absolute Gasteiger partial charge is 0.335 e. The van der Waals surface area contributed by atoms with Gasteiger partial charge in [-0.3, -0.25) is 4.31 Å². The fourth-order valence-corrected chi connectivity index (χ4v) is 5.86. The highest BCUT2D eigenvalue weighted by Crippen LogP contribution is 2.36. The number of halogens is 4. The van der Waals surface area contributed by atoms with Gasteiger partial charge in [0.15, 0.2) is 0 Å². The van der Waals surface area contributed by atoms with Crippen molar-refractivity contribution in [3.8, 4) is 0 Å². The zero-order valence-corrected chi connectivity index (χ0v) is 22.0. The molecule has 190 valence electrons. The van der Waals surface area contributed by atoms with Gasteiger partial charge < -0.3 is 4.57 Å². The van der Waals surface area contributed by atoms with Crippen LogP contribution in [0.4, 0.5) is 14.5 Å². The quantitative estimate of drug-likeness (QED) is 0.243. The Balaban J connectivity index is 0.00000361. The van der Waals surface area contributed by atoms with E-state index in [1.54, 1.807) is 19.2 Å². The number of imidazole rings is 1. The zero-order valence-electron chi connectivity index (χ0n) is 19.6. The fraction of sp³-hybridized carbons (Fsp3) is 0.192. The second-order valence-corrected chi connectivity index (χ2v) is 10.4. The fourth-order valence-electron chi connectivity index (χ4n) is 4.10. The maximum Gasteiger partial charge on any atom is 0.264 e. The summed E-state index contributed by atoms with van der Waals surface area (Å²) in [6, 6.07) is 14.9. The van der Waals surface area contributed by atoms with Crippen molar-refractivity contribution < 1.29 is 17.2 Å². The molecule has 0 saturated heterocycles. The van der Waals surface area contributed by atoms with Crippen LogP contribution >= 0.6 is 24.0 Å². The van der Waals surface area contributed by atoms with E-state index in [2.05, 4.69) is 4.98 Å². The van der Waals surface area contributed by atoms with Crippen molar-refractivity contribution in [2.24, 2.45) is 0 Å². The molecule has 0 aliphatic heterocycles. The molecule has 0 saturated carbocycles. The second kappa shape index (κ2) is 11.4. The Morgan fingerprint density at radius 2 is 1.75 bits per heavy atom. The van der Waals surface area contributed by atoms with E-state index in [1.165, 1.54) is 24.3 Å². The summed E-state index contributed by atoms with van der Waals surface area (Å²) in [4.78, 5) is 4.15. The summed E-state index contributed by atoms with van der Waals surface area (Å²) < 4.78 is 59.7. The molecule has 4 aromatic rings. The predicted octanol–water partition coefficient (Wildman–Crippen LogP) is 6.74. The molecular weight excluding hydrogens is 527 g/mol. The third-order valence-corrected chi connectivity index (χ3v) is 8.07. The Morgan fingerprint density at radius 1 is 1.06 bits per heavy atom. The van der Waals surface area contributed by atoms with Crippen molar-refractivity contribution in [2.45, 2.75) is 37.8 Å². The summed E-state index contributed by atoms with van der Waals surface area (Å²) in [5.41, 5.74) is 1.21.